The van der Waals surface area contributed by atoms with Crippen LogP contribution in [0.5, 0.6) is 5.75 Å². The number of fused-ring (bicyclic) bond motifs is 1. The number of amides is 1. The summed E-state index contributed by atoms with van der Waals surface area (Å²) < 4.78 is 27.8. The first kappa shape index (κ1) is 24.2. The van der Waals surface area contributed by atoms with Gasteiger partial charge in [-0.1, -0.05) is 0 Å². The minimum Gasteiger partial charge on any atom is -0.491 e. The zero-order valence-electron chi connectivity index (χ0n) is 19.9. The molecule has 1 atom stereocenters. The number of anilines is 1. The van der Waals surface area contributed by atoms with Crippen molar-refractivity contribution in [2.45, 2.75) is 44.9 Å². The van der Waals surface area contributed by atoms with Gasteiger partial charge in [-0.05, 0) is 63.1 Å². The smallest absolute Gasteiger partial charge is 0.258 e. The highest BCUT2D eigenvalue weighted by molar-refractivity contribution is 6.05. The normalized spacial score (nSPS) is 16.2. The number of nitrogens with zero attached hydrogens (tertiary/aromatic N) is 1. The Bertz CT molecular complexity index is 1160. The molecular weight excluding hydrogens is 437 g/mol. The monoisotopic (exact) mass is 469 g/mol. The van der Waals surface area contributed by atoms with Gasteiger partial charge in [0.2, 0.25) is 0 Å². The maximum atomic E-state index is 14.6. The molecule has 2 aromatic carbocycles. The fourth-order valence-electron chi connectivity index (χ4n) is 4.08. The number of halogens is 1. The van der Waals surface area contributed by atoms with Gasteiger partial charge in [-0.2, -0.15) is 0 Å². The van der Waals surface area contributed by atoms with Crippen LogP contribution in [0.15, 0.2) is 42.5 Å². The number of benzene rings is 2. The van der Waals surface area contributed by atoms with Crippen LogP contribution >= 0.6 is 0 Å². The zero-order valence-corrected chi connectivity index (χ0v) is 19.9. The summed E-state index contributed by atoms with van der Waals surface area (Å²) in [5.41, 5.74) is 1.81. The summed E-state index contributed by atoms with van der Waals surface area (Å²) in [4.78, 5) is 12.7. The Kier molecular flexibility index (Phi) is 7.21. The maximum Gasteiger partial charge on any atom is 0.258 e. The van der Waals surface area contributed by atoms with Crippen LogP contribution in [0.4, 0.5) is 10.1 Å². The number of hydrogen-bond donors (Lipinski definition) is 3. The van der Waals surface area contributed by atoms with E-state index in [0.29, 0.717) is 31.1 Å². The third-order valence-corrected chi connectivity index (χ3v) is 5.91. The van der Waals surface area contributed by atoms with Gasteiger partial charge in [-0.25, -0.2) is 4.39 Å². The number of aromatic nitrogens is 1. The van der Waals surface area contributed by atoms with E-state index in [-0.39, 0.29) is 11.7 Å². The van der Waals surface area contributed by atoms with Crippen molar-refractivity contribution in [3.8, 4) is 5.75 Å². The van der Waals surface area contributed by atoms with Crippen LogP contribution in [0.1, 0.15) is 42.7 Å². The standard InChI is InChI=1S/C26H32FN3O4/c1-26(2,32)16-28-14-19-12-17-11-18(6-9-24(17)30(19)3)29-25(31)22-8-7-20(13-23(22)27)34-15-21-5-4-10-33-21/h6-9,11-13,21,28,32H,4-5,10,14-16H2,1-3H3,(H,29,31)/t21-/m0/s1. The lowest BCUT2D eigenvalue weighted by molar-refractivity contribution is 0.0678. The number of carbonyl (C=O) groups is 1. The predicted molar refractivity (Wildman–Crippen MR) is 130 cm³/mol. The number of nitrogens with one attached hydrogen (secondary N) is 2. The summed E-state index contributed by atoms with van der Waals surface area (Å²) in [7, 11) is 1.97. The highest BCUT2D eigenvalue weighted by Crippen LogP contribution is 2.24. The SMILES string of the molecule is Cn1c(CNCC(C)(C)O)cc2cc(NC(=O)c3ccc(OC[C@@H]4CCCO4)cc3F)ccc21. The second-order valence-corrected chi connectivity index (χ2v) is 9.43. The Morgan fingerprint density at radius 3 is 2.79 bits per heavy atom. The van der Waals surface area contributed by atoms with E-state index in [1.54, 1.807) is 26.0 Å². The maximum absolute atomic E-state index is 14.6. The van der Waals surface area contributed by atoms with Crippen LogP contribution < -0.4 is 15.4 Å². The Hall–Kier alpha value is -2.94. The first-order valence-electron chi connectivity index (χ1n) is 11.6. The second kappa shape index (κ2) is 10.1. The largest absolute Gasteiger partial charge is 0.491 e. The van der Waals surface area contributed by atoms with Gasteiger partial charge in [0.1, 0.15) is 18.2 Å². The third-order valence-electron chi connectivity index (χ3n) is 5.91. The number of aliphatic hydroxyl groups is 1. The summed E-state index contributed by atoms with van der Waals surface area (Å²) in [5, 5.41) is 16.9. The molecule has 1 aliphatic rings. The van der Waals surface area contributed by atoms with Crippen LogP contribution in [-0.4, -0.2) is 47.0 Å². The minimum absolute atomic E-state index is 0.0387. The Morgan fingerprint density at radius 1 is 1.26 bits per heavy atom. The molecule has 34 heavy (non-hydrogen) atoms. The van der Waals surface area contributed by atoms with Gasteiger partial charge in [0.25, 0.3) is 5.91 Å². The Morgan fingerprint density at radius 2 is 2.09 bits per heavy atom. The highest BCUT2D eigenvalue weighted by Gasteiger charge is 2.18. The van der Waals surface area contributed by atoms with E-state index >= 15 is 0 Å². The average molecular weight is 470 g/mol. The number of ether oxygens (including phenoxy) is 2. The summed E-state index contributed by atoms with van der Waals surface area (Å²) >= 11 is 0. The number of carbonyl (C=O) groups excluding carboxylic acids is 1. The molecule has 0 radical (unpaired) electrons. The van der Waals surface area contributed by atoms with Crippen molar-refractivity contribution in [1.29, 1.82) is 0 Å². The molecule has 1 aliphatic heterocycles. The molecule has 0 saturated carbocycles. The van der Waals surface area contributed by atoms with Gasteiger partial charge >= 0.3 is 0 Å². The van der Waals surface area contributed by atoms with Gasteiger partial charge < -0.3 is 29.8 Å². The fourth-order valence-corrected chi connectivity index (χ4v) is 4.08. The molecule has 1 fully saturated rings. The van der Waals surface area contributed by atoms with Gasteiger partial charge in [0.15, 0.2) is 0 Å². The molecule has 8 heteroatoms. The van der Waals surface area contributed by atoms with Crippen LogP contribution in [-0.2, 0) is 18.3 Å². The summed E-state index contributed by atoms with van der Waals surface area (Å²) in [6.07, 6.45) is 1.99. The van der Waals surface area contributed by atoms with Gasteiger partial charge in [-0.3, -0.25) is 4.79 Å². The summed E-state index contributed by atoms with van der Waals surface area (Å²) in [6, 6.07) is 11.9. The Labute approximate surface area is 198 Å². The molecule has 4 rings (SSSR count). The first-order valence-corrected chi connectivity index (χ1v) is 11.6. The van der Waals surface area contributed by atoms with Crippen LogP contribution in [0, 0.1) is 5.82 Å². The minimum atomic E-state index is -0.786. The van der Waals surface area contributed by atoms with Crippen molar-refractivity contribution in [2.75, 3.05) is 25.1 Å². The molecule has 3 aromatic rings. The first-order chi connectivity index (χ1) is 16.2. The Balaban J connectivity index is 1.40. The average Bonchev–Trinajstić information content (AvgIpc) is 3.39. The quantitative estimate of drug-likeness (QED) is 0.441. The molecule has 0 unspecified atom stereocenters. The van der Waals surface area contributed by atoms with E-state index in [9.17, 15) is 14.3 Å². The molecule has 2 heterocycles. The number of hydrogen-bond acceptors (Lipinski definition) is 5. The summed E-state index contributed by atoms with van der Waals surface area (Å²) in [5.74, 6) is -0.783. The molecule has 0 bridgehead atoms. The number of rotatable bonds is 9. The van der Waals surface area contributed by atoms with Gasteiger partial charge in [0, 0.05) is 55.1 Å². The third kappa shape index (κ3) is 5.94. The molecule has 1 amide bonds. The van der Waals surface area contributed by atoms with Crippen LogP contribution in [0.2, 0.25) is 0 Å². The van der Waals surface area contributed by atoms with Crippen molar-refractivity contribution in [3.05, 3.63) is 59.5 Å². The lowest BCUT2D eigenvalue weighted by atomic mass is 10.1. The molecule has 0 aliphatic carbocycles. The van der Waals surface area contributed by atoms with Gasteiger partial charge in [0.05, 0.1) is 17.3 Å². The van der Waals surface area contributed by atoms with E-state index in [0.717, 1.165) is 36.0 Å². The fraction of sp³-hybridized carbons (Fsp3) is 0.423. The molecule has 1 saturated heterocycles. The lowest BCUT2D eigenvalue weighted by Gasteiger charge is -2.17. The van der Waals surface area contributed by atoms with Crippen molar-refractivity contribution in [1.82, 2.24) is 9.88 Å². The predicted octanol–water partition coefficient (Wildman–Crippen LogP) is 3.99. The molecule has 3 N–H and O–H groups in total. The molecule has 1 aromatic heterocycles. The van der Waals surface area contributed by atoms with E-state index in [2.05, 4.69) is 15.2 Å². The van der Waals surface area contributed by atoms with Crippen LogP contribution in [0.25, 0.3) is 10.9 Å². The van der Waals surface area contributed by atoms with E-state index in [4.69, 9.17) is 9.47 Å². The lowest BCUT2D eigenvalue weighted by Crippen LogP contribution is -2.34. The summed E-state index contributed by atoms with van der Waals surface area (Å²) in [6.45, 7) is 5.69. The van der Waals surface area contributed by atoms with Crippen LogP contribution in [0.3, 0.4) is 0 Å². The van der Waals surface area contributed by atoms with E-state index in [1.165, 1.54) is 12.1 Å². The molecule has 0 spiro atoms. The van der Waals surface area contributed by atoms with Gasteiger partial charge in [-0.15, -0.1) is 0 Å². The van der Waals surface area contributed by atoms with Crippen molar-refractivity contribution >= 4 is 22.5 Å². The van der Waals surface area contributed by atoms with Crippen molar-refractivity contribution in [3.63, 3.8) is 0 Å². The highest BCUT2D eigenvalue weighted by atomic mass is 19.1. The zero-order chi connectivity index (χ0) is 24.3. The second-order valence-electron chi connectivity index (χ2n) is 9.43. The number of aryl methyl sites for hydroxylation is 1. The molecular formula is C26H32FN3O4. The molecule has 7 nitrogen and oxygen atoms in total. The van der Waals surface area contributed by atoms with Crippen molar-refractivity contribution in [2.24, 2.45) is 7.05 Å². The molecule has 182 valence electrons. The van der Waals surface area contributed by atoms with E-state index < -0.39 is 17.3 Å². The topological polar surface area (TPSA) is 84.8 Å². The van der Waals surface area contributed by atoms with E-state index in [1.807, 2.05) is 25.2 Å². The van der Waals surface area contributed by atoms with Crippen molar-refractivity contribution < 1.29 is 23.8 Å².